The number of benzene rings is 1. The van der Waals surface area contributed by atoms with Crippen LogP contribution in [-0.2, 0) is 11.2 Å². The van der Waals surface area contributed by atoms with Crippen molar-refractivity contribution >= 4 is 35.0 Å². The van der Waals surface area contributed by atoms with Gasteiger partial charge in [0.1, 0.15) is 5.82 Å². The second-order valence-corrected chi connectivity index (χ2v) is 7.41. The number of carbonyl (C=O) groups is 2. The van der Waals surface area contributed by atoms with E-state index in [0.29, 0.717) is 23.1 Å². The van der Waals surface area contributed by atoms with Crippen LogP contribution >= 0.6 is 11.8 Å². The largest absolute Gasteiger partial charge is 0.384 e. The summed E-state index contributed by atoms with van der Waals surface area (Å²) in [5.41, 5.74) is 9.10. The molecular formula is C18H20N4O2S. The summed E-state index contributed by atoms with van der Waals surface area (Å²) in [6.45, 7) is 5.91. The molecular weight excluding hydrogens is 336 g/mol. The van der Waals surface area contributed by atoms with Crippen LogP contribution in [0.3, 0.4) is 0 Å². The SMILES string of the molecule is CC(=O)N1CCc2cc(C(=O)C(C)Sc3nc(C)cc(N)n3)ccc21. The minimum absolute atomic E-state index is 0.0118. The van der Waals surface area contributed by atoms with E-state index in [-0.39, 0.29) is 16.9 Å². The van der Waals surface area contributed by atoms with Crippen LogP contribution in [0.15, 0.2) is 29.4 Å². The lowest BCUT2D eigenvalue weighted by molar-refractivity contribution is -0.116. The molecule has 0 aliphatic carbocycles. The van der Waals surface area contributed by atoms with Gasteiger partial charge in [0.15, 0.2) is 10.9 Å². The van der Waals surface area contributed by atoms with Gasteiger partial charge in [-0.2, -0.15) is 0 Å². The molecule has 0 radical (unpaired) electrons. The number of hydrogen-bond acceptors (Lipinski definition) is 6. The van der Waals surface area contributed by atoms with E-state index >= 15 is 0 Å². The van der Waals surface area contributed by atoms with E-state index in [1.807, 2.05) is 26.0 Å². The second kappa shape index (κ2) is 6.84. The molecule has 1 aromatic carbocycles. The minimum Gasteiger partial charge on any atom is -0.384 e. The van der Waals surface area contributed by atoms with Crippen molar-refractivity contribution in [1.29, 1.82) is 0 Å². The Bertz CT molecular complexity index is 833. The summed E-state index contributed by atoms with van der Waals surface area (Å²) in [5, 5.41) is 0.173. The Kier molecular flexibility index (Phi) is 4.76. The van der Waals surface area contributed by atoms with Gasteiger partial charge in [-0.3, -0.25) is 9.59 Å². The summed E-state index contributed by atoms with van der Waals surface area (Å²) in [5.74, 6) is 0.435. The Morgan fingerprint density at radius 1 is 1.28 bits per heavy atom. The summed E-state index contributed by atoms with van der Waals surface area (Å²) in [4.78, 5) is 34.6. The second-order valence-electron chi connectivity index (χ2n) is 6.11. The average molecular weight is 356 g/mol. The van der Waals surface area contributed by atoms with Crippen LogP contribution in [0, 0.1) is 6.92 Å². The molecule has 0 bridgehead atoms. The zero-order chi connectivity index (χ0) is 18.1. The van der Waals surface area contributed by atoms with E-state index in [2.05, 4.69) is 9.97 Å². The van der Waals surface area contributed by atoms with Gasteiger partial charge in [0.25, 0.3) is 0 Å². The zero-order valence-electron chi connectivity index (χ0n) is 14.4. The van der Waals surface area contributed by atoms with Gasteiger partial charge in [0, 0.05) is 36.5 Å². The third kappa shape index (κ3) is 3.66. The third-order valence-corrected chi connectivity index (χ3v) is 5.11. The van der Waals surface area contributed by atoms with E-state index in [1.165, 1.54) is 11.8 Å². The first-order chi connectivity index (χ1) is 11.8. The quantitative estimate of drug-likeness (QED) is 0.515. The van der Waals surface area contributed by atoms with E-state index in [1.54, 1.807) is 24.0 Å². The van der Waals surface area contributed by atoms with Crippen molar-refractivity contribution in [3.8, 4) is 0 Å². The molecule has 0 saturated carbocycles. The molecule has 1 atom stereocenters. The Balaban J connectivity index is 1.78. The molecule has 2 heterocycles. The average Bonchev–Trinajstić information content (AvgIpc) is 2.96. The number of anilines is 2. The lowest BCUT2D eigenvalue weighted by Crippen LogP contribution is -2.25. The molecule has 6 nitrogen and oxygen atoms in total. The highest BCUT2D eigenvalue weighted by molar-refractivity contribution is 8.00. The summed E-state index contributed by atoms with van der Waals surface area (Å²) in [6.07, 6.45) is 0.773. The molecule has 3 rings (SSSR count). The summed E-state index contributed by atoms with van der Waals surface area (Å²) in [7, 11) is 0. The lowest BCUT2D eigenvalue weighted by atomic mass is 10.0. The van der Waals surface area contributed by atoms with Crippen LogP contribution in [0.1, 0.15) is 35.5 Å². The maximum Gasteiger partial charge on any atom is 0.223 e. The van der Waals surface area contributed by atoms with Crippen molar-refractivity contribution in [1.82, 2.24) is 9.97 Å². The van der Waals surface area contributed by atoms with E-state index in [4.69, 9.17) is 5.73 Å². The van der Waals surface area contributed by atoms with Crippen LogP contribution in [0.5, 0.6) is 0 Å². The zero-order valence-corrected chi connectivity index (χ0v) is 15.3. The first-order valence-corrected chi connectivity index (χ1v) is 8.96. The molecule has 0 saturated heterocycles. The highest BCUT2D eigenvalue weighted by Crippen LogP contribution is 2.30. The normalized spacial score (nSPS) is 14.3. The number of nitrogen functional groups attached to an aromatic ring is 1. The van der Waals surface area contributed by atoms with Gasteiger partial charge >= 0.3 is 0 Å². The van der Waals surface area contributed by atoms with Crippen molar-refractivity contribution in [2.75, 3.05) is 17.2 Å². The molecule has 7 heteroatoms. The van der Waals surface area contributed by atoms with Crippen LogP contribution in [-0.4, -0.2) is 33.5 Å². The lowest BCUT2D eigenvalue weighted by Gasteiger charge is -2.15. The van der Waals surface area contributed by atoms with Crippen LogP contribution in [0.4, 0.5) is 11.5 Å². The van der Waals surface area contributed by atoms with Gasteiger partial charge in [-0.25, -0.2) is 9.97 Å². The van der Waals surface area contributed by atoms with E-state index in [0.717, 1.165) is 23.4 Å². The number of ketones is 1. The topological polar surface area (TPSA) is 89.2 Å². The predicted octanol–water partition coefficient (Wildman–Crippen LogP) is 2.64. The van der Waals surface area contributed by atoms with Crippen LogP contribution in [0.2, 0.25) is 0 Å². The number of carbonyl (C=O) groups excluding carboxylic acids is 2. The predicted molar refractivity (Wildman–Crippen MR) is 99.0 cm³/mol. The van der Waals surface area contributed by atoms with Gasteiger partial charge in [0.2, 0.25) is 5.91 Å². The van der Waals surface area contributed by atoms with Gasteiger partial charge in [0.05, 0.1) is 5.25 Å². The van der Waals surface area contributed by atoms with Crippen molar-refractivity contribution in [2.24, 2.45) is 0 Å². The maximum atomic E-state index is 12.7. The minimum atomic E-state index is -0.329. The molecule has 1 aliphatic rings. The Hall–Kier alpha value is -2.41. The number of amides is 1. The summed E-state index contributed by atoms with van der Waals surface area (Å²) < 4.78 is 0. The molecule has 130 valence electrons. The number of thioether (sulfide) groups is 1. The van der Waals surface area contributed by atoms with Crippen molar-refractivity contribution in [2.45, 2.75) is 37.6 Å². The number of nitrogens with zero attached hydrogens (tertiary/aromatic N) is 3. The fraction of sp³-hybridized carbons (Fsp3) is 0.333. The highest BCUT2D eigenvalue weighted by atomic mass is 32.2. The Morgan fingerprint density at radius 3 is 2.72 bits per heavy atom. The first kappa shape index (κ1) is 17.4. The van der Waals surface area contributed by atoms with E-state index < -0.39 is 0 Å². The number of fused-ring (bicyclic) bond motifs is 1. The van der Waals surface area contributed by atoms with Crippen molar-refractivity contribution in [3.63, 3.8) is 0 Å². The number of nitrogens with two attached hydrogens (primary N) is 1. The number of Topliss-reactive ketones (excluding diaryl/α,β-unsaturated/α-hetero) is 1. The third-order valence-electron chi connectivity index (χ3n) is 4.14. The molecule has 2 aromatic rings. The fourth-order valence-electron chi connectivity index (χ4n) is 2.95. The first-order valence-electron chi connectivity index (χ1n) is 8.08. The van der Waals surface area contributed by atoms with Crippen LogP contribution < -0.4 is 10.6 Å². The van der Waals surface area contributed by atoms with E-state index in [9.17, 15) is 9.59 Å². The molecule has 2 N–H and O–H groups in total. The van der Waals surface area contributed by atoms with Crippen molar-refractivity contribution in [3.05, 3.63) is 41.1 Å². The molecule has 1 amide bonds. The smallest absolute Gasteiger partial charge is 0.223 e. The highest BCUT2D eigenvalue weighted by Gasteiger charge is 2.25. The monoisotopic (exact) mass is 356 g/mol. The molecule has 0 fully saturated rings. The molecule has 1 unspecified atom stereocenters. The summed E-state index contributed by atoms with van der Waals surface area (Å²) in [6, 6.07) is 7.22. The number of rotatable bonds is 4. The van der Waals surface area contributed by atoms with Gasteiger partial charge in [-0.05, 0) is 44.0 Å². The maximum absolute atomic E-state index is 12.7. The van der Waals surface area contributed by atoms with Gasteiger partial charge in [-0.1, -0.05) is 11.8 Å². The van der Waals surface area contributed by atoms with Crippen LogP contribution in [0.25, 0.3) is 0 Å². The van der Waals surface area contributed by atoms with Gasteiger partial charge in [-0.15, -0.1) is 0 Å². The van der Waals surface area contributed by atoms with Crippen molar-refractivity contribution < 1.29 is 9.59 Å². The molecule has 25 heavy (non-hydrogen) atoms. The molecule has 0 spiro atoms. The number of hydrogen-bond donors (Lipinski definition) is 1. The molecule has 1 aromatic heterocycles. The Labute approximate surface area is 150 Å². The fourth-order valence-corrected chi connectivity index (χ4v) is 3.86. The Morgan fingerprint density at radius 2 is 2.04 bits per heavy atom. The summed E-state index contributed by atoms with van der Waals surface area (Å²) >= 11 is 1.30. The number of aromatic nitrogens is 2. The number of aryl methyl sites for hydroxylation is 1. The van der Waals surface area contributed by atoms with Gasteiger partial charge < -0.3 is 10.6 Å². The standard InChI is InChI=1S/C18H20N4O2S/c1-10-8-16(19)21-18(20-10)25-11(2)17(24)14-4-5-15-13(9-14)6-7-22(15)12(3)23/h4-5,8-9,11H,6-7H2,1-3H3,(H2,19,20,21). The molecule has 1 aliphatic heterocycles.